The minimum absolute atomic E-state index is 0.0201. The topological polar surface area (TPSA) is 126 Å². The Morgan fingerprint density at radius 3 is 2.54 bits per heavy atom. The first-order valence-electron chi connectivity index (χ1n) is 7.21. The zero-order valence-electron chi connectivity index (χ0n) is 13.6. The number of anilines is 1. The molecule has 24 heavy (non-hydrogen) atoms. The maximum absolute atomic E-state index is 12.3. The molecule has 0 aliphatic carbocycles. The number of nitrogens with zero attached hydrogens (tertiary/aromatic N) is 3. The van der Waals surface area contributed by atoms with Crippen molar-refractivity contribution < 1.29 is 23.3 Å². The highest BCUT2D eigenvalue weighted by molar-refractivity contribution is 7.53. The van der Waals surface area contributed by atoms with Gasteiger partial charge in [-0.25, -0.2) is 9.97 Å². The molecule has 0 amide bonds. The Morgan fingerprint density at radius 2 is 2.00 bits per heavy atom. The van der Waals surface area contributed by atoms with Crippen molar-refractivity contribution in [3.8, 4) is 0 Å². The molecule has 12 heteroatoms. The maximum atomic E-state index is 12.3. The molecule has 0 bridgehead atoms. The lowest BCUT2D eigenvalue weighted by Crippen LogP contribution is -2.22. The molecule has 1 heterocycles. The van der Waals surface area contributed by atoms with Gasteiger partial charge in [0.2, 0.25) is 11.0 Å². The molecule has 0 aliphatic heterocycles. The fourth-order valence-electron chi connectivity index (χ4n) is 1.67. The summed E-state index contributed by atoms with van der Waals surface area (Å²) >= 11 is 5.70. The largest absolute Gasteiger partial charge is 0.364 e. The van der Waals surface area contributed by atoms with Crippen LogP contribution in [0.15, 0.2) is 6.33 Å². The van der Waals surface area contributed by atoms with E-state index in [4.69, 9.17) is 25.4 Å². The number of halogens is 1. The summed E-state index contributed by atoms with van der Waals surface area (Å²) in [4.78, 5) is 17.7. The molecule has 0 saturated carbocycles. The third-order valence-corrected chi connectivity index (χ3v) is 4.73. The molecule has 1 aromatic heterocycles. The van der Waals surface area contributed by atoms with Gasteiger partial charge >= 0.3 is 13.3 Å². The van der Waals surface area contributed by atoms with Crippen LogP contribution in [-0.2, 0) is 18.3 Å². The van der Waals surface area contributed by atoms with Crippen molar-refractivity contribution in [3.05, 3.63) is 21.6 Å². The molecule has 0 saturated heterocycles. The Morgan fingerprint density at radius 1 is 1.38 bits per heavy atom. The molecule has 10 nitrogen and oxygen atoms in total. The van der Waals surface area contributed by atoms with E-state index in [9.17, 15) is 14.7 Å². The van der Waals surface area contributed by atoms with Crippen LogP contribution in [0, 0.1) is 10.1 Å². The molecule has 0 radical (unpaired) electrons. The average Bonchev–Trinajstić information content (AvgIpc) is 2.51. The van der Waals surface area contributed by atoms with Crippen LogP contribution in [-0.4, -0.2) is 47.1 Å². The van der Waals surface area contributed by atoms with E-state index in [2.05, 4.69) is 15.3 Å². The first-order chi connectivity index (χ1) is 11.3. The predicted octanol–water partition coefficient (Wildman–Crippen LogP) is 3.08. The number of nitrogens with one attached hydrogen (secondary N) is 1. The third-order valence-electron chi connectivity index (χ3n) is 2.69. The van der Waals surface area contributed by atoms with Crippen LogP contribution < -0.4 is 5.32 Å². The van der Waals surface area contributed by atoms with E-state index in [-0.39, 0.29) is 37.1 Å². The lowest BCUT2D eigenvalue weighted by molar-refractivity contribution is -0.384. The maximum Gasteiger partial charge on any atom is 0.356 e. The Kier molecular flexibility index (Phi) is 8.51. The van der Waals surface area contributed by atoms with Gasteiger partial charge in [-0.3, -0.25) is 14.7 Å². The van der Waals surface area contributed by atoms with Gasteiger partial charge in [-0.1, -0.05) is 11.6 Å². The van der Waals surface area contributed by atoms with Gasteiger partial charge in [-0.2, -0.15) is 0 Å². The average molecular weight is 383 g/mol. The molecule has 1 rings (SSSR count). The molecule has 0 aromatic carbocycles. The molecular formula is C12H20ClN4O6P. The molecule has 136 valence electrons. The van der Waals surface area contributed by atoms with Crippen LogP contribution in [0.1, 0.15) is 20.8 Å². The molecular weight excluding hydrogens is 363 g/mol. The number of nitro groups is 1. The number of rotatable bonds is 11. The minimum Gasteiger partial charge on any atom is -0.364 e. The van der Waals surface area contributed by atoms with Crippen molar-refractivity contribution >= 4 is 30.7 Å². The van der Waals surface area contributed by atoms with Gasteiger partial charge in [-0.05, 0) is 20.8 Å². The molecule has 1 aromatic rings. The highest BCUT2D eigenvalue weighted by Crippen LogP contribution is 2.48. The zero-order valence-corrected chi connectivity index (χ0v) is 15.2. The van der Waals surface area contributed by atoms with Crippen LogP contribution in [0.25, 0.3) is 0 Å². The zero-order chi connectivity index (χ0) is 18.2. The first kappa shape index (κ1) is 20.7. The smallest absolute Gasteiger partial charge is 0.356 e. The summed E-state index contributed by atoms with van der Waals surface area (Å²) in [6, 6.07) is 0. The second kappa shape index (κ2) is 9.85. The highest BCUT2D eigenvalue weighted by atomic mass is 35.5. The number of hydrogen-bond acceptors (Lipinski definition) is 9. The van der Waals surface area contributed by atoms with Crippen LogP contribution in [0.2, 0.25) is 5.15 Å². The van der Waals surface area contributed by atoms with E-state index in [1.54, 1.807) is 20.8 Å². The van der Waals surface area contributed by atoms with Crippen LogP contribution in [0.3, 0.4) is 0 Å². The highest BCUT2D eigenvalue weighted by Gasteiger charge is 2.26. The number of aromatic nitrogens is 2. The Bertz CT molecular complexity index is 595. The van der Waals surface area contributed by atoms with Gasteiger partial charge in [0.15, 0.2) is 0 Å². The SMILES string of the molecule is CCOP(=O)(CO[C@H](C)CNc1ncnc(Cl)c1[N+](=O)[O-])OCC. The summed E-state index contributed by atoms with van der Waals surface area (Å²) in [6.07, 6.45) is 0.457. The van der Waals surface area contributed by atoms with Crippen molar-refractivity contribution in [2.75, 3.05) is 31.4 Å². The van der Waals surface area contributed by atoms with Crippen LogP contribution in [0.5, 0.6) is 0 Å². The summed E-state index contributed by atoms with van der Waals surface area (Å²) in [6.45, 7) is 5.75. The van der Waals surface area contributed by atoms with E-state index in [1.165, 1.54) is 0 Å². The van der Waals surface area contributed by atoms with Gasteiger partial charge in [0.1, 0.15) is 12.7 Å². The van der Waals surface area contributed by atoms with E-state index in [0.717, 1.165) is 6.33 Å². The summed E-state index contributed by atoms with van der Waals surface area (Å²) in [5.41, 5.74) is -0.416. The molecule has 0 unspecified atom stereocenters. The Balaban J connectivity index is 2.61. The lowest BCUT2D eigenvalue weighted by atomic mass is 10.4. The fraction of sp³-hybridized carbons (Fsp3) is 0.667. The van der Waals surface area contributed by atoms with Gasteiger partial charge in [-0.15, -0.1) is 0 Å². The molecule has 1 atom stereocenters. The molecule has 0 spiro atoms. The Hall–Kier alpha value is -1.32. The molecule has 1 N–H and O–H groups in total. The normalized spacial score (nSPS) is 12.8. The summed E-state index contributed by atoms with van der Waals surface area (Å²) in [5.74, 6) is -0.0201. The summed E-state index contributed by atoms with van der Waals surface area (Å²) in [5, 5.41) is 13.5. The monoisotopic (exact) mass is 382 g/mol. The van der Waals surface area contributed by atoms with Crippen molar-refractivity contribution in [3.63, 3.8) is 0 Å². The first-order valence-corrected chi connectivity index (χ1v) is 9.32. The Labute approximate surface area is 144 Å². The van der Waals surface area contributed by atoms with Gasteiger partial charge in [0.05, 0.1) is 24.2 Å². The number of hydrogen-bond donors (Lipinski definition) is 1. The van der Waals surface area contributed by atoms with Crippen molar-refractivity contribution in [1.29, 1.82) is 0 Å². The van der Waals surface area contributed by atoms with Gasteiger partial charge in [0, 0.05) is 6.54 Å². The van der Waals surface area contributed by atoms with Crippen LogP contribution >= 0.6 is 19.2 Å². The van der Waals surface area contributed by atoms with Crippen molar-refractivity contribution in [2.45, 2.75) is 26.9 Å². The third kappa shape index (κ3) is 6.29. The van der Waals surface area contributed by atoms with E-state index >= 15 is 0 Å². The van der Waals surface area contributed by atoms with Gasteiger partial charge < -0.3 is 19.1 Å². The quantitative estimate of drug-likeness (QED) is 0.266. The van der Waals surface area contributed by atoms with Gasteiger partial charge in [0.25, 0.3) is 0 Å². The minimum atomic E-state index is -3.31. The van der Waals surface area contributed by atoms with E-state index in [1.807, 2.05) is 0 Å². The molecule has 0 fully saturated rings. The second-order valence-corrected chi connectivity index (χ2v) is 6.91. The lowest BCUT2D eigenvalue weighted by Gasteiger charge is -2.20. The summed E-state index contributed by atoms with van der Waals surface area (Å²) < 4.78 is 27.9. The van der Waals surface area contributed by atoms with Crippen molar-refractivity contribution in [1.82, 2.24) is 9.97 Å². The van der Waals surface area contributed by atoms with E-state index in [0.29, 0.717) is 0 Å². The predicted molar refractivity (Wildman–Crippen MR) is 88.5 cm³/mol. The summed E-state index contributed by atoms with van der Waals surface area (Å²) in [7, 11) is -3.31. The fourth-order valence-corrected chi connectivity index (χ4v) is 3.32. The second-order valence-electron chi connectivity index (χ2n) is 4.55. The standard InChI is InChI=1S/C12H20ClN4O6P/c1-4-22-24(20,23-5-2)8-21-9(3)6-14-12-10(17(18)19)11(13)15-7-16-12/h7,9H,4-6,8H2,1-3H3,(H,14,15,16)/t9-/m1/s1. The number of ether oxygens (including phenoxy) is 1. The van der Waals surface area contributed by atoms with Crippen LogP contribution in [0.4, 0.5) is 11.5 Å². The van der Waals surface area contributed by atoms with E-state index < -0.39 is 24.3 Å². The molecule has 0 aliphatic rings. The van der Waals surface area contributed by atoms with Crippen molar-refractivity contribution in [2.24, 2.45) is 0 Å².